The van der Waals surface area contributed by atoms with E-state index < -0.39 is 0 Å². The van der Waals surface area contributed by atoms with Crippen LogP contribution in [0.2, 0.25) is 15.1 Å². The molecule has 0 aliphatic heterocycles. The Morgan fingerprint density at radius 2 is 1.81 bits per heavy atom. The molecule has 0 radical (unpaired) electrons. The summed E-state index contributed by atoms with van der Waals surface area (Å²) in [6, 6.07) is 12.2. The molecule has 6 nitrogen and oxygen atoms in total. The maximum atomic E-state index is 12.1. The van der Waals surface area contributed by atoms with Crippen LogP contribution >= 0.6 is 57.9 Å². The molecule has 2 amide bonds. The number of aromatic nitrogens is 2. The molecule has 2 N–H and O–H groups in total. The number of hydrogen-bond donors (Lipinski definition) is 2. The fourth-order valence-corrected chi connectivity index (χ4v) is 4.55. The number of anilines is 1. The van der Waals surface area contributed by atoms with Crippen molar-refractivity contribution < 1.29 is 9.59 Å². The summed E-state index contributed by atoms with van der Waals surface area (Å²) in [5.41, 5.74) is 1.41. The molecule has 0 bridgehead atoms. The highest BCUT2D eigenvalue weighted by atomic mass is 35.5. The van der Waals surface area contributed by atoms with Crippen LogP contribution in [0.5, 0.6) is 0 Å². The molecule has 3 rings (SSSR count). The van der Waals surface area contributed by atoms with Gasteiger partial charge in [0.1, 0.15) is 5.01 Å². The summed E-state index contributed by atoms with van der Waals surface area (Å²) in [6.07, 6.45) is 0.496. The third-order valence-corrected chi connectivity index (χ3v) is 6.91. The van der Waals surface area contributed by atoms with Crippen molar-refractivity contribution in [2.24, 2.45) is 0 Å². The second kappa shape index (κ2) is 11.7. The molecule has 1 heterocycles. The highest BCUT2D eigenvalue weighted by Gasteiger charge is 2.11. The third-order valence-electron chi connectivity index (χ3n) is 3.94. The van der Waals surface area contributed by atoms with Gasteiger partial charge in [0, 0.05) is 18.7 Å². The Labute approximate surface area is 202 Å². The third kappa shape index (κ3) is 7.36. The van der Waals surface area contributed by atoms with E-state index in [1.54, 1.807) is 36.4 Å². The number of carbonyl (C=O) groups excluding carboxylic acids is 2. The molecule has 0 atom stereocenters. The van der Waals surface area contributed by atoms with Crippen molar-refractivity contribution >= 4 is 74.8 Å². The van der Waals surface area contributed by atoms with Crippen LogP contribution in [0.15, 0.2) is 42.5 Å². The van der Waals surface area contributed by atoms with E-state index in [1.165, 1.54) is 23.1 Å². The fourth-order valence-electron chi connectivity index (χ4n) is 2.48. The predicted molar refractivity (Wildman–Crippen MR) is 129 cm³/mol. The van der Waals surface area contributed by atoms with Crippen LogP contribution < -0.4 is 10.6 Å². The number of amides is 2. The zero-order valence-corrected chi connectivity index (χ0v) is 19.9. The van der Waals surface area contributed by atoms with Crippen molar-refractivity contribution in [2.45, 2.75) is 12.2 Å². The Balaban J connectivity index is 1.39. The van der Waals surface area contributed by atoms with Crippen molar-refractivity contribution in [3.63, 3.8) is 0 Å². The smallest absolute Gasteiger partial charge is 0.252 e. The zero-order chi connectivity index (χ0) is 22.2. The maximum Gasteiger partial charge on any atom is 0.252 e. The maximum absolute atomic E-state index is 12.1. The molecule has 1 aromatic heterocycles. The standard InChI is InChI=1S/C20H17Cl3N4O2S2/c21-14-4-2-1-3-13(14)19(29)24-8-7-18-26-27-20(31-18)25-17(28)11-30-10-12-5-6-15(22)16(23)9-12/h1-6,9H,7-8,10-11H2,(H,24,29)(H,25,27,28). The molecular formula is C20H17Cl3N4O2S2. The lowest BCUT2D eigenvalue weighted by atomic mass is 10.2. The highest BCUT2D eigenvalue weighted by Crippen LogP contribution is 2.25. The quantitative estimate of drug-likeness (QED) is 0.402. The lowest BCUT2D eigenvalue weighted by molar-refractivity contribution is -0.113. The lowest BCUT2D eigenvalue weighted by Crippen LogP contribution is -2.25. The summed E-state index contributed by atoms with van der Waals surface area (Å²) < 4.78 is 0. The van der Waals surface area contributed by atoms with E-state index in [0.717, 1.165) is 5.56 Å². The summed E-state index contributed by atoms with van der Waals surface area (Å²) in [5, 5.41) is 16.1. The summed E-state index contributed by atoms with van der Waals surface area (Å²) in [4.78, 5) is 24.3. The topological polar surface area (TPSA) is 84.0 Å². The van der Waals surface area contributed by atoms with E-state index in [1.807, 2.05) is 6.07 Å². The van der Waals surface area contributed by atoms with E-state index >= 15 is 0 Å². The molecule has 0 saturated carbocycles. The highest BCUT2D eigenvalue weighted by molar-refractivity contribution is 7.99. The van der Waals surface area contributed by atoms with Crippen LogP contribution in [-0.4, -0.2) is 34.3 Å². The van der Waals surface area contributed by atoms with Gasteiger partial charge in [0.25, 0.3) is 5.91 Å². The normalized spacial score (nSPS) is 10.7. The molecule has 0 unspecified atom stereocenters. The van der Waals surface area contributed by atoms with Crippen LogP contribution in [0.1, 0.15) is 20.9 Å². The molecule has 0 aliphatic carbocycles. The molecule has 3 aromatic rings. The van der Waals surface area contributed by atoms with Gasteiger partial charge < -0.3 is 5.32 Å². The van der Waals surface area contributed by atoms with E-state index in [2.05, 4.69) is 20.8 Å². The van der Waals surface area contributed by atoms with Crippen molar-refractivity contribution in [2.75, 3.05) is 17.6 Å². The van der Waals surface area contributed by atoms with Gasteiger partial charge in [0.05, 0.1) is 26.4 Å². The monoisotopic (exact) mass is 514 g/mol. The summed E-state index contributed by atoms with van der Waals surface area (Å²) in [5.74, 6) is 0.488. The van der Waals surface area contributed by atoms with Crippen molar-refractivity contribution in [1.29, 1.82) is 0 Å². The van der Waals surface area contributed by atoms with Crippen molar-refractivity contribution in [3.8, 4) is 0 Å². The first-order valence-electron chi connectivity index (χ1n) is 9.09. The van der Waals surface area contributed by atoms with E-state index in [4.69, 9.17) is 34.8 Å². The van der Waals surface area contributed by atoms with Gasteiger partial charge in [-0.3, -0.25) is 14.9 Å². The fraction of sp³-hybridized carbons (Fsp3) is 0.200. The van der Waals surface area contributed by atoms with Gasteiger partial charge in [-0.05, 0) is 29.8 Å². The predicted octanol–water partition coefficient (Wildman–Crippen LogP) is 5.34. The first kappa shape index (κ1) is 23.8. The van der Waals surface area contributed by atoms with Gasteiger partial charge in [-0.1, -0.05) is 64.3 Å². The lowest BCUT2D eigenvalue weighted by Gasteiger charge is -2.05. The van der Waals surface area contributed by atoms with Crippen LogP contribution in [0, 0.1) is 0 Å². The van der Waals surface area contributed by atoms with Gasteiger partial charge in [-0.25, -0.2) is 0 Å². The Bertz CT molecular complexity index is 1080. The molecule has 0 spiro atoms. The van der Waals surface area contributed by atoms with E-state index in [-0.39, 0.29) is 17.6 Å². The minimum Gasteiger partial charge on any atom is -0.352 e. The Morgan fingerprint density at radius 3 is 2.58 bits per heavy atom. The van der Waals surface area contributed by atoms with E-state index in [9.17, 15) is 9.59 Å². The van der Waals surface area contributed by atoms with Gasteiger partial charge in [0.2, 0.25) is 11.0 Å². The number of halogens is 3. The average Bonchev–Trinajstić information content (AvgIpc) is 3.18. The van der Waals surface area contributed by atoms with Crippen LogP contribution in [0.3, 0.4) is 0 Å². The number of rotatable bonds is 9. The number of hydrogen-bond acceptors (Lipinski definition) is 6. The summed E-state index contributed by atoms with van der Waals surface area (Å²) in [7, 11) is 0. The second-order valence-electron chi connectivity index (χ2n) is 6.28. The summed E-state index contributed by atoms with van der Waals surface area (Å²) in [6.45, 7) is 0.381. The molecule has 0 saturated heterocycles. The average molecular weight is 516 g/mol. The van der Waals surface area contributed by atoms with Crippen LogP contribution in [0.4, 0.5) is 5.13 Å². The second-order valence-corrected chi connectivity index (χ2v) is 9.55. The molecule has 162 valence electrons. The summed E-state index contributed by atoms with van der Waals surface area (Å²) >= 11 is 20.6. The van der Waals surface area contributed by atoms with Crippen molar-refractivity contribution in [3.05, 3.63) is 73.7 Å². The van der Waals surface area contributed by atoms with Gasteiger partial charge in [-0.2, -0.15) is 0 Å². The number of nitrogens with one attached hydrogen (secondary N) is 2. The number of nitrogens with zero attached hydrogens (tertiary/aromatic N) is 2. The minimum absolute atomic E-state index is 0.167. The SMILES string of the molecule is O=C(CSCc1ccc(Cl)c(Cl)c1)Nc1nnc(CCNC(=O)c2ccccc2Cl)s1. The minimum atomic E-state index is -0.248. The van der Waals surface area contributed by atoms with Gasteiger partial charge >= 0.3 is 0 Å². The Morgan fingerprint density at radius 1 is 1.00 bits per heavy atom. The molecule has 31 heavy (non-hydrogen) atoms. The molecule has 11 heteroatoms. The van der Waals surface area contributed by atoms with Crippen molar-refractivity contribution in [1.82, 2.24) is 15.5 Å². The molecule has 0 fully saturated rings. The van der Waals surface area contributed by atoms with E-state index in [0.29, 0.717) is 49.5 Å². The number of benzene rings is 2. The number of thioether (sulfide) groups is 1. The van der Waals surface area contributed by atoms with Gasteiger partial charge in [-0.15, -0.1) is 22.0 Å². The Kier molecular flexibility index (Phi) is 8.98. The van der Waals surface area contributed by atoms with Gasteiger partial charge in [0.15, 0.2) is 0 Å². The largest absolute Gasteiger partial charge is 0.352 e. The van der Waals surface area contributed by atoms with Crippen LogP contribution in [0.25, 0.3) is 0 Å². The first-order valence-corrected chi connectivity index (χ1v) is 12.2. The zero-order valence-electron chi connectivity index (χ0n) is 16.0. The molecular weight excluding hydrogens is 499 g/mol. The van der Waals surface area contributed by atoms with Crippen LogP contribution in [-0.2, 0) is 17.0 Å². The molecule has 2 aromatic carbocycles. The Hall–Kier alpha value is -1.84. The number of carbonyl (C=O) groups is 2. The molecule has 0 aliphatic rings. The first-order chi connectivity index (χ1) is 14.9.